The van der Waals surface area contributed by atoms with Gasteiger partial charge in [-0.25, -0.2) is 13.2 Å². The third-order valence-electron chi connectivity index (χ3n) is 7.31. The summed E-state index contributed by atoms with van der Waals surface area (Å²) in [5.74, 6) is -0.986. The van der Waals surface area contributed by atoms with Crippen LogP contribution in [0.15, 0.2) is 59.1 Å². The molecule has 2 aromatic carbocycles. The summed E-state index contributed by atoms with van der Waals surface area (Å²) in [6.07, 6.45) is 4.04. The van der Waals surface area contributed by atoms with Crippen LogP contribution < -0.4 is 9.64 Å². The van der Waals surface area contributed by atoms with Gasteiger partial charge in [-0.05, 0) is 49.6 Å². The van der Waals surface area contributed by atoms with Crippen LogP contribution in [0, 0.1) is 0 Å². The molecule has 1 fully saturated rings. The lowest BCUT2D eigenvalue weighted by Gasteiger charge is -2.32. The predicted octanol–water partition coefficient (Wildman–Crippen LogP) is 4.30. The van der Waals surface area contributed by atoms with Gasteiger partial charge in [0.25, 0.3) is 0 Å². The van der Waals surface area contributed by atoms with Crippen LogP contribution in [0.5, 0.6) is 5.75 Å². The molecule has 0 bridgehead atoms. The van der Waals surface area contributed by atoms with Crippen molar-refractivity contribution in [1.82, 2.24) is 4.31 Å². The molecule has 0 unspecified atom stereocenters. The first-order valence-corrected chi connectivity index (χ1v) is 13.9. The number of likely N-dealkylation sites (N-methyl/N-ethyl adjacent to an activating group) is 1. The minimum atomic E-state index is -3.88. The number of benzene rings is 2. The molecule has 8 nitrogen and oxygen atoms in total. The zero-order valence-corrected chi connectivity index (χ0v) is 22.8. The molecule has 0 aromatic heterocycles. The average Bonchev–Trinajstić information content (AvgIpc) is 3.07. The Balaban J connectivity index is 1.51. The lowest BCUT2D eigenvalue weighted by Crippen LogP contribution is -2.42. The Morgan fingerprint density at radius 1 is 1.14 bits per heavy atom. The second-order valence-corrected chi connectivity index (χ2v) is 12.0. The fraction of sp³-hybridized carbons (Fsp3) is 0.429. The van der Waals surface area contributed by atoms with Crippen LogP contribution in [0.25, 0.3) is 0 Å². The lowest BCUT2D eigenvalue weighted by atomic mass is 9.83. The molecule has 0 aliphatic carbocycles. The number of ketones is 1. The van der Waals surface area contributed by atoms with Crippen LogP contribution >= 0.6 is 0 Å². The van der Waals surface area contributed by atoms with Crippen LogP contribution in [0.1, 0.15) is 56.0 Å². The zero-order valence-electron chi connectivity index (χ0n) is 22.0. The normalized spacial score (nSPS) is 20.5. The molecule has 0 spiro atoms. The SMILES string of the molecule is COc1ccc(C(=O)OCC(=O)/C=C2/N(C)c3ccccc3C2(C)C)cc1S(=O)(=O)N1CCCC[C@H]1C. The molecule has 1 saturated heterocycles. The highest BCUT2D eigenvalue weighted by Crippen LogP contribution is 2.46. The summed E-state index contributed by atoms with van der Waals surface area (Å²) in [5, 5.41) is 0. The summed E-state index contributed by atoms with van der Waals surface area (Å²) in [6, 6.07) is 12.0. The number of carbonyl (C=O) groups excluding carboxylic acids is 2. The zero-order chi connectivity index (χ0) is 27.0. The number of fused-ring (bicyclic) bond motifs is 1. The maximum Gasteiger partial charge on any atom is 0.338 e. The number of hydrogen-bond acceptors (Lipinski definition) is 7. The van der Waals surface area contributed by atoms with Crippen molar-refractivity contribution in [2.75, 3.05) is 32.2 Å². The number of rotatable bonds is 7. The summed E-state index contributed by atoms with van der Waals surface area (Å²) < 4.78 is 38.9. The Kier molecular flexibility index (Phi) is 7.48. The molecule has 2 heterocycles. The molecule has 0 amide bonds. The Labute approximate surface area is 218 Å². The minimum Gasteiger partial charge on any atom is -0.495 e. The fourth-order valence-electron chi connectivity index (χ4n) is 5.23. The van der Waals surface area contributed by atoms with Gasteiger partial charge in [-0.15, -0.1) is 0 Å². The van der Waals surface area contributed by atoms with E-state index in [1.807, 2.05) is 57.0 Å². The van der Waals surface area contributed by atoms with E-state index in [0.717, 1.165) is 36.2 Å². The van der Waals surface area contributed by atoms with E-state index in [1.165, 1.54) is 35.7 Å². The van der Waals surface area contributed by atoms with Gasteiger partial charge in [-0.1, -0.05) is 38.5 Å². The highest BCUT2D eigenvalue weighted by molar-refractivity contribution is 7.89. The van der Waals surface area contributed by atoms with Crippen molar-refractivity contribution in [2.24, 2.45) is 0 Å². The largest absolute Gasteiger partial charge is 0.495 e. The van der Waals surface area contributed by atoms with Crippen molar-refractivity contribution in [3.05, 3.63) is 65.4 Å². The monoisotopic (exact) mass is 526 g/mol. The van der Waals surface area contributed by atoms with Crippen LogP contribution in [-0.4, -0.2) is 57.8 Å². The number of allylic oxidation sites excluding steroid dienone is 1. The molecule has 4 rings (SSSR count). The van der Waals surface area contributed by atoms with Gasteiger partial charge in [0, 0.05) is 42.5 Å². The molecule has 9 heteroatoms. The van der Waals surface area contributed by atoms with Crippen molar-refractivity contribution in [3.63, 3.8) is 0 Å². The van der Waals surface area contributed by atoms with Crippen molar-refractivity contribution < 1.29 is 27.5 Å². The number of nitrogens with zero attached hydrogens (tertiary/aromatic N) is 2. The molecule has 0 radical (unpaired) electrons. The maximum absolute atomic E-state index is 13.4. The van der Waals surface area contributed by atoms with E-state index < -0.39 is 22.6 Å². The van der Waals surface area contributed by atoms with Crippen molar-refractivity contribution >= 4 is 27.5 Å². The van der Waals surface area contributed by atoms with Crippen LogP contribution in [0.3, 0.4) is 0 Å². The number of hydrogen-bond donors (Lipinski definition) is 0. The average molecular weight is 527 g/mol. The molecule has 2 aromatic rings. The van der Waals surface area contributed by atoms with Gasteiger partial charge in [0.05, 0.1) is 12.7 Å². The standard InChI is InChI=1S/C28H34N2O6S/c1-19-10-8-9-15-30(19)37(33,34)25-16-20(13-14-24(25)35-5)27(32)36-18-21(31)17-26-28(2,3)22-11-6-7-12-23(22)29(26)4/h6-7,11-14,16-17,19H,8-10,15,18H2,1-5H3/b26-17+/t19-/m1/s1. The third kappa shape index (κ3) is 5.02. The van der Waals surface area contributed by atoms with Crippen molar-refractivity contribution in [2.45, 2.75) is 56.4 Å². The van der Waals surface area contributed by atoms with E-state index >= 15 is 0 Å². The topological polar surface area (TPSA) is 93.2 Å². The van der Waals surface area contributed by atoms with Gasteiger partial charge in [0.1, 0.15) is 10.6 Å². The maximum atomic E-state index is 13.4. The Bertz CT molecular complexity index is 1350. The number of ether oxygens (including phenoxy) is 2. The molecule has 1 atom stereocenters. The van der Waals surface area contributed by atoms with E-state index in [2.05, 4.69) is 0 Å². The molecule has 2 aliphatic rings. The van der Waals surface area contributed by atoms with Crippen LogP contribution in [-0.2, 0) is 25.0 Å². The molecule has 0 saturated carbocycles. The number of esters is 1. The van der Waals surface area contributed by atoms with Gasteiger partial charge in [0.15, 0.2) is 12.4 Å². The summed E-state index contributed by atoms with van der Waals surface area (Å²) in [6.45, 7) is 5.92. The van der Waals surface area contributed by atoms with Crippen molar-refractivity contribution in [1.29, 1.82) is 0 Å². The second kappa shape index (κ2) is 10.3. The number of para-hydroxylation sites is 1. The van der Waals surface area contributed by atoms with Crippen LogP contribution in [0.4, 0.5) is 5.69 Å². The molecule has 2 aliphatic heterocycles. The number of methoxy groups -OCH3 is 1. The summed E-state index contributed by atoms with van der Waals surface area (Å²) in [4.78, 5) is 27.5. The number of piperidine rings is 1. The Morgan fingerprint density at radius 2 is 1.86 bits per heavy atom. The highest BCUT2D eigenvalue weighted by atomic mass is 32.2. The summed E-state index contributed by atoms with van der Waals surface area (Å²) >= 11 is 0. The first-order valence-electron chi connectivity index (χ1n) is 12.4. The van der Waals surface area contributed by atoms with E-state index in [-0.39, 0.29) is 33.4 Å². The van der Waals surface area contributed by atoms with E-state index in [1.54, 1.807) is 0 Å². The Morgan fingerprint density at radius 3 is 2.54 bits per heavy atom. The fourth-order valence-corrected chi connectivity index (χ4v) is 7.12. The Hall–Kier alpha value is -3.17. The first kappa shape index (κ1) is 26.9. The minimum absolute atomic E-state index is 0.0372. The third-order valence-corrected chi connectivity index (χ3v) is 9.35. The van der Waals surface area contributed by atoms with Gasteiger partial charge in [0.2, 0.25) is 10.0 Å². The smallest absolute Gasteiger partial charge is 0.338 e. The van der Waals surface area contributed by atoms with Gasteiger partial charge < -0.3 is 14.4 Å². The lowest BCUT2D eigenvalue weighted by molar-refractivity contribution is -0.117. The summed E-state index contributed by atoms with van der Waals surface area (Å²) in [7, 11) is -0.593. The van der Waals surface area contributed by atoms with E-state index in [9.17, 15) is 18.0 Å². The molecular formula is C28H34N2O6S. The molecule has 0 N–H and O–H groups in total. The van der Waals surface area contributed by atoms with Crippen molar-refractivity contribution in [3.8, 4) is 5.75 Å². The van der Waals surface area contributed by atoms with Gasteiger partial charge in [-0.2, -0.15) is 4.31 Å². The number of sulfonamides is 1. The number of carbonyl (C=O) groups is 2. The van der Waals surface area contributed by atoms with E-state index in [0.29, 0.717) is 6.54 Å². The highest BCUT2D eigenvalue weighted by Gasteiger charge is 2.38. The molecule has 37 heavy (non-hydrogen) atoms. The van der Waals surface area contributed by atoms with E-state index in [4.69, 9.17) is 9.47 Å². The van der Waals surface area contributed by atoms with Gasteiger partial charge >= 0.3 is 5.97 Å². The first-order chi connectivity index (χ1) is 17.5. The second-order valence-electron chi connectivity index (χ2n) is 10.1. The summed E-state index contributed by atoms with van der Waals surface area (Å²) in [5.41, 5.74) is 2.61. The molecular weight excluding hydrogens is 492 g/mol. The number of anilines is 1. The van der Waals surface area contributed by atoms with Gasteiger partial charge in [-0.3, -0.25) is 4.79 Å². The quantitative estimate of drug-likeness (QED) is 0.392. The van der Waals surface area contributed by atoms with Crippen LogP contribution in [0.2, 0.25) is 0 Å². The molecule has 198 valence electrons. The predicted molar refractivity (Wildman–Crippen MR) is 141 cm³/mol.